The number of nitrogens with zero attached hydrogens (tertiary/aromatic N) is 3. The second-order valence-corrected chi connectivity index (χ2v) is 3.74. The van der Waals surface area contributed by atoms with Crippen LogP contribution >= 0.6 is 0 Å². The third-order valence-corrected chi connectivity index (χ3v) is 2.56. The number of hydrogen-bond acceptors (Lipinski definition) is 6. The molecule has 0 aromatic carbocycles. The molecule has 1 aliphatic rings. The predicted molar refractivity (Wildman–Crippen MR) is 60.6 cm³/mol. The zero-order valence-electron chi connectivity index (χ0n) is 9.51. The maximum absolute atomic E-state index is 5.74. The SMILES string of the molecule is COc1c(N)ncnc1N1CCOC(C)C1. The van der Waals surface area contributed by atoms with Crippen LogP contribution in [0.4, 0.5) is 11.6 Å². The van der Waals surface area contributed by atoms with Crippen molar-refractivity contribution >= 4 is 11.6 Å². The van der Waals surface area contributed by atoms with Crippen molar-refractivity contribution in [1.82, 2.24) is 9.97 Å². The van der Waals surface area contributed by atoms with Crippen molar-refractivity contribution in [2.45, 2.75) is 13.0 Å². The molecule has 1 aromatic heterocycles. The van der Waals surface area contributed by atoms with E-state index in [4.69, 9.17) is 15.2 Å². The van der Waals surface area contributed by atoms with Crippen LogP contribution in [0.15, 0.2) is 6.33 Å². The third-order valence-electron chi connectivity index (χ3n) is 2.56. The zero-order chi connectivity index (χ0) is 11.5. The van der Waals surface area contributed by atoms with Crippen LogP contribution in [-0.2, 0) is 4.74 Å². The smallest absolute Gasteiger partial charge is 0.204 e. The second-order valence-electron chi connectivity index (χ2n) is 3.74. The number of morpholine rings is 1. The average molecular weight is 224 g/mol. The Morgan fingerprint density at radius 3 is 3.06 bits per heavy atom. The van der Waals surface area contributed by atoms with Crippen LogP contribution in [0.1, 0.15) is 6.92 Å². The summed E-state index contributed by atoms with van der Waals surface area (Å²) < 4.78 is 10.7. The normalized spacial score (nSPS) is 20.9. The molecule has 0 saturated carbocycles. The maximum Gasteiger partial charge on any atom is 0.204 e. The molecule has 0 radical (unpaired) electrons. The van der Waals surface area contributed by atoms with Gasteiger partial charge in [-0.15, -0.1) is 0 Å². The molecular formula is C10H16N4O2. The highest BCUT2D eigenvalue weighted by atomic mass is 16.5. The molecular weight excluding hydrogens is 208 g/mol. The lowest BCUT2D eigenvalue weighted by molar-refractivity contribution is 0.0527. The van der Waals surface area contributed by atoms with Gasteiger partial charge in [-0.05, 0) is 6.92 Å². The number of ether oxygens (including phenoxy) is 2. The summed E-state index contributed by atoms with van der Waals surface area (Å²) >= 11 is 0. The molecule has 1 aliphatic heterocycles. The number of anilines is 2. The third kappa shape index (κ3) is 2.01. The predicted octanol–water partition coefficient (Wildman–Crippen LogP) is 0.292. The van der Waals surface area contributed by atoms with Gasteiger partial charge in [0, 0.05) is 13.1 Å². The van der Waals surface area contributed by atoms with E-state index in [-0.39, 0.29) is 6.10 Å². The van der Waals surface area contributed by atoms with Crippen LogP contribution in [0.2, 0.25) is 0 Å². The highest BCUT2D eigenvalue weighted by Crippen LogP contribution is 2.30. The molecule has 0 aliphatic carbocycles. The minimum atomic E-state index is 0.189. The minimum absolute atomic E-state index is 0.189. The maximum atomic E-state index is 5.74. The molecule has 1 saturated heterocycles. The van der Waals surface area contributed by atoms with Gasteiger partial charge in [-0.3, -0.25) is 0 Å². The minimum Gasteiger partial charge on any atom is -0.490 e. The first-order valence-electron chi connectivity index (χ1n) is 5.23. The molecule has 6 heteroatoms. The lowest BCUT2D eigenvalue weighted by Gasteiger charge is -2.32. The van der Waals surface area contributed by atoms with Gasteiger partial charge in [-0.25, -0.2) is 9.97 Å². The quantitative estimate of drug-likeness (QED) is 0.778. The fraction of sp³-hybridized carbons (Fsp3) is 0.600. The summed E-state index contributed by atoms with van der Waals surface area (Å²) in [5, 5.41) is 0. The Morgan fingerprint density at radius 1 is 1.56 bits per heavy atom. The van der Waals surface area contributed by atoms with Gasteiger partial charge in [0.1, 0.15) is 6.33 Å². The van der Waals surface area contributed by atoms with Crippen LogP contribution in [-0.4, -0.2) is 42.9 Å². The van der Waals surface area contributed by atoms with Crippen LogP contribution in [0, 0.1) is 0 Å². The van der Waals surface area contributed by atoms with Gasteiger partial charge in [0.15, 0.2) is 11.6 Å². The first-order valence-corrected chi connectivity index (χ1v) is 5.23. The molecule has 1 aromatic rings. The van der Waals surface area contributed by atoms with Crippen LogP contribution in [0.3, 0.4) is 0 Å². The highest BCUT2D eigenvalue weighted by Gasteiger charge is 2.22. The van der Waals surface area contributed by atoms with Crippen molar-refractivity contribution in [3.05, 3.63) is 6.33 Å². The van der Waals surface area contributed by atoms with Crippen LogP contribution < -0.4 is 15.4 Å². The first kappa shape index (κ1) is 10.9. The van der Waals surface area contributed by atoms with E-state index in [0.29, 0.717) is 18.2 Å². The first-order chi connectivity index (χ1) is 7.72. The fourth-order valence-electron chi connectivity index (χ4n) is 1.81. The van der Waals surface area contributed by atoms with E-state index >= 15 is 0 Å². The monoisotopic (exact) mass is 224 g/mol. The molecule has 2 heterocycles. The van der Waals surface area contributed by atoms with Gasteiger partial charge in [-0.2, -0.15) is 0 Å². The van der Waals surface area contributed by atoms with E-state index in [9.17, 15) is 0 Å². The molecule has 0 bridgehead atoms. The van der Waals surface area contributed by atoms with Crippen molar-refractivity contribution in [2.24, 2.45) is 0 Å². The molecule has 6 nitrogen and oxygen atoms in total. The molecule has 1 unspecified atom stereocenters. The Bertz CT molecular complexity index is 372. The number of aromatic nitrogens is 2. The van der Waals surface area contributed by atoms with E-state index < -0.39 is 0 Å². The fourth-order valence-corrected chi connectivity index (χ4v) is 1.81. The largest absolute Gasteiger partial charge is 0.490 e. The number of nitrogen functional groups attached to an aromatic ring is 1. The number of hydrogen-bond donors (Lipinski definition) is 1. The summed E-state index contributed by atoms with van der Waals surface area (Å²) in [7, 11) is 1.57. The number of methoxy groups -OCH3 is 1. The Hall–Kier alpha value is -1.56. The summed E-state index contributed by atoms with van der Waals surface area (Å²) in [6.07, 6.45) is 1.64. The molecule has 16 heavy (non-hydrogen) atoms. The van der Waals surface area contributed by atoms with Crippen LogP contribution in [0.5, 0.6) is 5.75 Å². The standard InChI is InChI=1S/C10H16N4O2/c1-7-5-14(3-4-16-7)10-8(15-2)9(11)12-6-13-10/h6-7H,3-5H2,1-2H3,(H2,11,12,13). The summed E-state index contributed by atoms with van der Waals surface area (Å²) in [5.41, 5.74) is 5.74. The highest BCUT2D eigenvalue weighted by molar-refractivity contribution is 5.62. The van der Waals surface area contributed by atoms with Crippen molar-refractivity contribution in [2.75, 3.05) is 37.4 Å². The Balaban J connectivity index is 2.28. The van der Waals surface area contributed by atoms with Gasteiger partial charge < -0.3 is 20.1 Å². The molecule has 88 valence electrons. The van der Waals surface area contributed by atoms with E-state index in [0.717, 1.165) is 18.9 Å². The molecule has 2 N–H and O–H groups in total. The molecule has 0 amide bonds. The summed E-state index contributed by atoms with van der Waals surface area (Å²) in [6.45, 7) is 4.29. The summed E-state index contributed by atoms with van der Waals surface area (Å²) in [6, 6.07) is 0. The second kappa shape index (κ2) is 4.52. The van der Waals surface area contributed by atoms with Crippen LogP contribution in [0.25, 0.3) is 0 Å². The van der Waals surface area contributed by atoms with Crippen molar-refractivity contribution in [1.29, 1.82) is 0 Å². The van der Waals surface area contributed by atoms with Gasteiger partial charge in [0.2, 0.25) is 5.75 Å². The van der Waals surface area contributed by atoms with Crippen molar-refractivity contribution in [3.63, 3.8) is 0 Å². The summed E-state index contributed by atoms with van der Waals surface area (Å²) in [5.74, 6) is 1.65. The van der Waals surface area contributed by atoms with Crippen molar-refractivity contribution < 1.29 is 9.47 Å². The zero-order valence-corrected chi connectivity index (χ0v) is 9.51. The van der Waals surface area contributed by atoms with Gasteiger partial charge in [-0.1, -0.05) is 0 Å². The van der Waals surface area contributed by atoms with Gasteiger partial charge in [0.25, 0.3) is 0 Å². The van der Waals surface area contributed by atoms with Gasteiger partial charge >= 0.3 is 0 Å². The number of rotatable bonds is 2. The molecule has 1 atom stereocenters. The van der Waals surface area contributed by atoms with E-state index in [2.05, 4.69) is 14.9 Å². The molecule has 2 rings (SSSR count). The van der Waals surface area contributed by atoms with Gasteiger partial charge in [0.05, 0.1) is 19.8 Å². The van der Waals surface area contributed by atoms with E-state index in [1.165, 1.54) is 6.33 Å². The summed E-state index contributed by atoms with van der Waals surface area (Å²) in [4.78, 5) is 10.2. The van der Waals surface area contributed by atoms with Crippen molar-refractivity contribution in [3.8, 4) is 5.75 Å². The topological polar surface area (TPSA) is 73.5 Å². The average Bonchev–Trinajstić information content (AvgIpc) is 2.28. The lowest BCUT2D eigenvalue weighted by Crippen LogP contribution is -2.41. The molecule has 1 fully saturated rings. The molecule has 0 spiro atoms. The van der Waals surface area contributed by atoms with E-state index in [1.54, 1.807) is 7.11 Å². The number of nitrogens with two attached hydrogens (primary N) is 1. The van der Waals surface area contributed by atoms with E-state index in [1.807, 2.05) is 6.92 Å². The Morgan fingerprint density at radius 2 is 2.38 bits per heavy atom. The Labute approximate surface area is 94.4 Å². The lowest BCUT2D eigenvalue weighted by atomic mass is 10.3. The Kier molecular flexibility index (Phi) is 3.09.